The molecule has 0 unspecified atom stereocenters. The van der Waals surface area contributed by atoms with Crippen LogP contribution in [-0.2, 0) is 11.2 Å². The van der Waals surface area contributed by atoms with Crippen molar-refractivity contribution in [2.75, 3.05) is 4.90 Å². The predicted molar refractivity (Wildman–Crippen MR) is 111 cm³/mol. The molecule has 3 heteroatoms. The smallest absolute Gasteiger partial charge is 0.265 e. The molecule has 0 saturated heterocycles. The van der Waals surface area contributed by atoms with Crippen LogP contribution in [0.1, 0.15) is 15.9 Å². The first-order valence-corrected chi connectivity index (χ1v) is 9.08. The molecule has 0 aliphatic heterocycles. The minimum atomic E-state index is -0.335. The third-order valence-electron chi connectivity index (χ3n) is 4.61. The van der Waals surface area contributed by atoms with Crippen molar-refractivity contribution in [1.29, 1.82) is 0 Å². The third kappa shape index (κ3) is 3.69. The lowest BCUT2D eigenvalue weighted by atomic mass is 10.1. The van der Waals surface area contributed by atoms with E-state index in [-0.39, 0.29) is 18.2 Å². The summed E-state index contributed by atoms with van der Waals surface area (Å²) in [6.45, 7) is 0. The number of carbonyl (C=O) groups excluding carboxylic acids is 2. The van der Waals surface area contributed by atoms with E-state index < -0.39 is 0 Å². The molecule has 4 rings (SSSR count). The Hall–Kier alpha value is -3.72. The number of hydrogen-bond acceptors (Lipinski definition) is 2. The first kappa shape index (κ1) is 17.7. The van der Waals surface area contributed by atoms with Gasteiger partial charge < -0.3 is 0 Å². The summed E-state index contributed by atoms with van der Waals surface area (Å²) in [5.41, 5.74) is 1.89. The Morgan fingerprint density at radius 3 is 2.18 bits per heavy atom. The molecule has 0 spiro atoms. The lowest BCUT2D eigenvalue weighted by Gasteiger charge is -2.21. The van der Waals surface area contributed by atoms with Crippen LogP contribution in [0.4, 0.5) is 5.69 Å². The maximum Gasteiger partial charge on any atom is 0.265 e. The monoisotopic (exact) mass is 364 g/mol. The zero-order valence-corrected chi connectivity index (χ0v) is 15.2. The fourth-order valence-corrected chi connectivity index (χ4v) is 3.20. The largest absolute Gasteiger partial charge is 0.274 e. The molecule has 0 aliphatic rings. The van der Waals surface area contributed by atoms with Gasteiger partial charge in [0, 0.05) is 5.56 Å². The van der Waals surface area contributed by atoms with Gasteiger partial charge in [0.05, 0.1) is 12.1 Å². The highest BCUT2D eigenvalue weighted by Gasteiger charge is 2.25. The van der Waals surface area contributed by atoms with E-state index in [1.807, 2.05) is 66.7 Å². The Morgan fingerprint density at radius 2 is 1.43 bits per heavy atom. The van der Waals surface area contributed by atoms with Crippen LogP contribution in [0.5, 0.6) is 0 Å². The number of carbonyl (C=O) groups is 2. The van der Waals surface area contributed by atoms with Gasteiger partial charge in [0.2, 0.25) is 5.91 Å². The minimum absolute atomic E-state index is 0.152. The number of hydrogen-bond donors (Lipinski definition) is 0. The van der Waals surface area contributed by atoms with Gasteiger partial charge in [-0.3, -0.25) is 9.59 Å². The first-order valence-electron chi connectivity index (χ1n) is 9.08. The summed E-state index contributed by atoms with van der Waals surface area (Å²) >= 11 is 0. The van der Waals surface area contributed by atoms with E-state index >= 15 is 0 Å². The molecule has 4 aromatic carbocycles. The van der Waals surface area contributed by atoms with Gasteiger partial charge in [-0.2, -0.15) is 0 Å². The molecule has 0 aromatic heterocycles. The Morgan fingerprint density at radius 1 is 0.750 bits per heavy atom. The van der Waals surface area contributed by atoms with Gasteiger partial charge in [0.15, 0.2) is 0 Å². The Kier molecular flexibility index (Phi) is 4.98. The fraction of sp³-hybridized carbons (Fsp3) is 0.0400. The summed E-state index contributed by atoms with van der Waals surface area (Å²) in [6, 6.07) is 32.6. The number of amides is 2. The van der Waals surface area contributed by atoms with Crippen molar-refractivity contribution < 1.29 is 9.59 Å². The summed E-state index contributed by atoms with van der Waals surface area (Å²) in [6.07, 6.45) is 0.152. The zero-order chi connectivity index (χ0) is 19.3. The van der Waals surface area contributed by atoms with Crippen molar-refractivity contribution in [2.24, 2.45) is 0 Å². The Balaban J connectivity index is 1.71. The Bertz CT molecular complexity index is 1120. The van der Waals surface area contributed by atoms with Crippen LogP contribution in [0.3, 0.4) is 0 Å². The molecular formula is C25H18NO2. The van der Waals surface area contributed by atoms with E-state index in [1.54, 1.807) is 30.3 Å². The molecule has 0 bridgehead atoms. The highest BCUT2D eigenvalue weighted by atomic mass is 16.2. The van der Waals surface area contributed by atoms with Gasteiger partial charge in [0.1, 0.15) is 0 Å². The van der Waals surface area contributed by atoms with Crippen LogP contribution < -0.4 is 4.90 Å². The maximum absolute atomic E-state index is 13.3. The van der Waals surface area contributed by atoms with Crippen molar-refractivity contribution in [3.63, 3.8) is 0 Å². The number of fused-ring (bicyclic) bond motifs is 1. The van der Waals surface area contributed by atoms with Crippen LogP contribution in [-0.4, -0.2) is 11.8 Å². The minimum Gasteiger partial charge on any atom is -0.274 e. The normalized spacial score (nSPS) is 10.6. The van der Waals surface area contributed by atoms with Crippen LogP contribution in [0, 0.1) is 6.07 Å². The van der Waals surface area contributed by atoms with Crippen LogP contribution in [0.2, 0.25) is 0 Å². The molecule has 135 valence electrons. The van der Waals surface area contributed by atoms with Gasteiger partial charge in [-0.1, -0.05) is 72.8 Å². The standard InChI is InChI=1S/C25H18NO2/c27-24(17-19-9-3-1-4-10-19)26(23-13-5-2-6-14-23)25(28)22-16-15-20-11-7-8-12-21(20)18-22/h1,3-16,18H,17H2. The van der Waals surface area contributed by atoms with Crippen molar-refractivity contribution in [2.45, 2.75) is 6.42 Å². The van der Waals surface area contributed by atoms with Gasteiger partial charge in [-0.15, -0.1) is 0 Å². The van der Waals surface area contributed by atoms with Gasteiger partial charge in [0.25, 0.3) is 5.91 Å². The van der Waals surface area contributed by atoms with E-state index in [4.69, 9.17) is 0 Å². The van der Waals surface area contributed by atoms with E-state index in [9.17, 15) is 9.59 Å². The zero-order valence-electron chi connectivity index (χ0n) is 15.2. The summed E-state index contributed by atoms with van der Waals surface area (Å²) < 4.78 is 0. The van der Waals surface area contributed by atoms with Gasteiger partial charge >= 0.3 is 0 Å². The molecule has 2 amide bonds. The third-order valence-corrected chi connectivity index (χ3v) is 4.61. The lowest BCUT2D eigenvalue weighted by Crippen LogP contribution is -2.38. The highest BCUT2D eigenvalue weighted by molar-refractivity contribution is 6.22. The van der Waals surface area contributed by atoms with Gasteiger partial charge in [-0.25, -0.2) is 4.90 Å². The first-order chi connectivity index (χ1) is 13.7. The lowest BCUT2D eigenvalue weighted by molar-refractivity contribution is -0.117. The second-order valence-corrected chi connectivity index (χ2v) is 6.52. The summed E-state index contributed by atoms with van der Waals surface area (Å²) in [4.78, 5) is 27.7. The molecule has 0 aliphatic carbocycles. The van der Waals surface area contributed by atoms with Crippen LogP contribution >= 0.6 is 0 Å². The number of rotatable bonds is 4. The van der Waals surface area contributed by atoms with Crippen molar-refractivity contribution in [1.82, 2.24) is 0 Å². The van der Waals surface area contributed by atoms with Crippen LogP contribution in [0.25, 0.3) is 10.8 Å². The topological polar surface area (TPSA) is 37.4 Å². The molecule has 0 fully saturated rings. The number of nitrogens with zero attached hydrogens (tertiary/aromatic N) is 1. The number of benzene rings is 4. The average Bonchev–Trinajstić information content (AvgIpc) is 2.75. The summed E-state index contributed by atoms with van der Waals surface area (Å²) in [5.74, 6) is -0.603. The van der Waals surface area contributed by atoms with Crippen molar-refractivity contribution >= 4 is 28.3 Å². The van der Waals surface area contributed by atoms with E-state index in [0.29, 0.717) is 11.3 Å². The summed E-state index contributed by atoms with van der Waals surface area (Å²) in [5, 5.41) is 2.01. The quantitative estimate of drug-likeness (QED) is 0.508. The number of anilines is 1. The second kappa shape index (κ2) is 7.89. The molecule has 0 saturated carbocycles. The second-order valence-electron chi connectivity index (χ2n) is 6.52. The highest BCUT2D eigenvalue weighted by Crippen LogP contribution is 2.21. The molecule has 1 radical (unpaired) electrons. The Labute approximate surface area is 163 Å². The van der Waals surface area contributed by atoms with Crippen LogP contribution in [0.15, 0.2) is 97.1 Å². The molecule has 28 heavy (non-hydrogen) atoms. The van der Waals surface area contributed by atoms with E-state index in [0.717, 1.165) is 16.3 Å². The molecule has 3 nitrogen and oxygen atoms in total. The molecule has 0 N–H and O–H groups in total. The molecule has 0 atom stereocenters. The van der Waals surface area contributed by atoms with Gasteiger partial charge in [-0.05, 0) is 46.7 Å². The predicted octanol–water partition coefficient (Wildman–Crippen LogP) is 5.06. The molecule has 0 heterocycles. The molecule has 4 aromatic rings. The number of imide groups is 1. The average molecular weight is 364 g/mol. The van der Waals surface area contributed by atoms with Crippen molar-refractivity contribution in [3.05, 3.63) is 114 Å². The summed E-state index contributed by atoms with van der Waals surface area (Å²) in [7, 11) is 0. The fourth-order valence-electron chi connectivity index (χ4n) is 3.20. The van der Waals surface area contributed by atoms with E-state index in [1.165, 1.54) is 4.90 Å². The SMILES string of the molecule is O=C(Cc1ccccc1)N(C(=O)c1ccc2ccccc2c1)c1cc[c]cc1. The molecular weight excluding hydrogens is 346 g/mol. The maximum atomic E-state index is 13.3. The van der Waals surface area contributed by atoms with E-state index in [2.05, 4.69) is 6.07 Å². The van der Waals surface area contributed by atoms with Crippen molar-refractivity contribution in [3.8, 4) is 0 Å².